The lowest BCUT2D eigenvalue weighted by atomic mass is 10.1. The fourth-order valence-electron chi connectivity index (χ4n) is 4.44. The van der Waals surface area contributed by atoms with Gasteiger partial charge in [-0.1, -0.05) is 11.8 Å². The Bertz CT molecular complexity index is 1570. The highest BCUT2D eigenvalue weighted by molar-refractivity contribution is 7.99. The first kappa shape index (κ1) is 23.5. The van der Waals surface area contributed by atoms with Crippen LogP contribution in [0.4, 0.5) is 4.39 Å². The molecule has 0 saturated carbocycles. The molecule has 35 heavy (non-hydrogen) atoms. The third-order valence-electron chi connectivity index (χ3n) is 6.16. The van der Waals surface area contributed by atoms with Gasteiger partial charge >= 0.3 is 0 Å². The number of pyridine rings is 2. The van der Waals surface area contributed by atoms with Crippen LogP contribution in [0.1, 0.15) is 30.1 Å². The average Bonchev–Trinajstić information content (AvgIpc) is 3.43. The summed E-state index contributed by atoms with van der Waals surface area (Å²) in [6.07, 6.45) is 9.39. The number of nitrogens with zero attached hydrogens (tertiary/aromatic N) is 7. The third kappa shape index (κ3) is 4.42. The zero-order valence-electron chi connectivity index (χ0n) is 19.1. The maximum absolute atomic E-state index is 14.4. The van der Waals surface area contributed by atoms with Crippen LogP contribution in [0.3, 0.4) is 0 Å². The number of hydrogen-bond donors (Lipinski definition) is 0. The summed E-state index contributed by atoms with van der Waals surface area (Å²) in [4.78, 5) is 4.78. The monoisotopic (exact) mass is 511 g/mol. The molecule has 9 nitrogen and oxygen atoms in total. The minimum Gasteiger partial charge on any atom is -0.265 e. The van der Waals surface area contributed by atoms with Gasteiger partial charge in [0.15, 0.2) is 5.82 Å². The van der Waals surface area contributed by atoms with Gasteiger partial charge in [0.2, 0.25) is 10.0 Å². The number of rotatable bonds is 5. The van der Waals surface area contributed by atoms with E-state index in [1.54, 1.807) is 10.7 Å². The zero-order valence-corrected chi connectivity index (χ0v) is 20.7. The molecule has 5 heterocycles. The lowest BCUT2D eigenvalue weighted by Gasteiger charge is -2.31. The van der Waals surface area contributed by atoms with Gasteiger partial charge in [0.25, 0.3) is 0 Å². The molecule has 0 aromatic carbocycles. The van der Waals surface area contributed by atoms with Gasteiger partial charge < -0.3 is 0 Å². The topological polar surface area (TPSA) is 109 Å². The van der Waals surface area contributed by atoms with Crippen molar-refractivity contribution in [3.05, 3.63) is 60.1 Å². The van der Waals surface area contributed by atoms with Gasteiger partial charge in [0, 0.05) is 47.2 Å². The molecule has 1 atom stereocenters. The summed E-state index contributed by atoms with van der Waals surface area (Å²) >= 11 is 1.13. The van der Waals surface area contributed by atoms with Crippen molar-refractivity contribution in [3.63, 3.8) is 0 Å². The molecule has 5 rings (SSSR count). The molecule has 0 aliphatic carbocycles. The Kier molecular flexibility index (Phi) is 6.08. The van der Waals surface area contributed by atoms with E-state index in [0.29, 0.717) is 29.1 Å². The Balaban J connectivity index is 1.56. The van der Waals surface area contributed by atoms with E-state index in [2.05, 4.69) is 21.3 Å². The normalized spacial score (nSPS) is 17.0. The Morgan fingerprint density at radius 2 is 2.11 bits per heavy atom. The molecule has 180 valence electrons. The number of sulfonamides is 1. The molecule has 0 radical (unpaired) electrons. The van der Waals surface area contributed by atoms with Gasteiger partial charge in [-0.05, 0) is 38.0 Å². The summed E-state index contributed by atoms with van der Waals surface area (Å²) in [5.74, 6) is -0.448. The van der Waals surface area contributed by atoms with Gasteiger partial charge in [-0.15, -0.1) is 0 Å². The molecular formula is C23H22FN7O2S2. The van der Waals surface area contributed by atoms with Crippen molar-refractivity contribution in [2.45, 2.75) is 35.7 Å². The first-order valence-corrected chi connectivity index (χ1v) is 13.6. The molecule has 1 fully saturated rings. The summed E-state index contributed by atoms with van der Waals surface area (Å²) in [7, 11) is -3.27. The van der Waals surface area contributed by atoms with Crippen LogP contribution in [-0.2, 0) is 10.0 Å². The molecule has 0 N–H and O–H groups in total. The number of piperidine rings is 1. The van der Waals surface area contributed by atoms with Gasteiger partial charge in [-0.3, -0.25) is 4.68 Å². The highest BCUT2D eigenvalue weighted by Crippen LogP contribution is 2.37. The molecule has 0 amide bonds. The second kappa shape index (κ2) is 9.07. The molecule has 4 aromatic rings. The lowest BCUT2D eigenvalue weighted by molar-refractivity contribution is 0.252. The second-order valence-electron chi connectivity index (χ2n) is 8.45. The summed E-state index contributed by atoms with van der Waals surface area (Å²) < 4.78 is 43.5. The fraction of sp³-hybridized carbons (Fsp3) is 0.304. The summed E-state index contributed by atoms with van der Waals surface area (Å²) in [5, 5.41) is 18.7. The van der Waals surface area contributed by atoms with Crippen LogP contribution in [0.5, 0.6) is 0 Å². The Morgan fingerprint density at radius 3 is 2.86 bits per heavy atom. The molecular weight excluding hydrogens is 489 g/mol. The maximum Gasteiger partial charge on any atom is 0.211 e. The number of halogens is 1. The van der Waals surface area contributed by atoms with Crippen LogP contribution in [0.15, 0.2) is 52.9 Å². The molecule has 12 heteroatoms. The van der Waals surface area contributed by atoms with E-state index < -0.39 is 15.8 Å². The van der Waals surface area contributed by atoms with Gasteiger partial charge in [0.1, 0.15) is 11.1 Å². The zero-order chi connectivity index (χ0) is 24.7. The SMILES string of the molecule is Cc1c(-c2cc(Sc3ncccc3F)c3c(C#N)cnn3c2)cnn1C1CCCN(S(C)(=O)=O)C1. The highest BCUT2D eigenvalue weighted by atomic mass is 32.2. The standard InChI is InChI=1S/C23H22FN7O2S2/c1-15-19(12-28-31(15)18-5-4-8-29(14-18)35(2,32)33)16-9-21(34-23-20(24)6-3-7-26-23)22-17(10-25)11-27-30(22)13-16/h3,6-7,9,11-13,18H,4-5,8,14H2,1-2H3. The van der Waals surface area contributed by atoms with E-state index in [0.717, 1.165) is 41.4 Å². The van der Waals surface area contributed by atoms with Crippen LogP contribution < -0.4 is 0 Å². The number of nitriles is 1. The van der Waals surface area contributed by atoms with Crippen molar-refractivity contribution in [3.8, 4) is 17.2 Å². The van der Waals surface area contributed by atoms with E-state index in [1.165, 1.54) is 35.1 Å². The van der Waals surface area contributed by atoms with Crippen molar-refractivity contribution in [1.82, 2.24) is 28.7 Å². The maximum atomic E-state index is 14.4. The lowest BCUT2D eigenvalue weighted by Crippen LogP contribution is -2.40. The van der Waals surface area contributed by atoms with Crippen LogP contribution >= 0.6 is 11.8 Å². The van der Waals surface area contributed by atoms with Crippen molar-refractivity contribution >= 4 is 27.3 Å². The van der Waals surface area contributed by atoms with Crippen molar-refractivity contribution < 1.29 is 12.8 Å². The molecule has 1 aliphatic rings. The quantitative estimate of drug-likeness (QED) is 0.402. The Morgan fingerprint density at radius 1 is 1.29 bits per heavy atom. The fourth-order valence-corrected chi connectivity index (χ4v) is 6.32. The van der Waals surface area contributed by atoms with Crippen LogP contribution in [0.25, 0.3) is 16.6 Å². The summed E-state index contributed by atoms with van der Waals surface area (Å²) in [6, 6.07) is 6.83. The van der Waals surface area contributed by atoms with Crippen molar-refractivity contribution in [2.24, 2.45) is 0 Å². The molecule has 1 unspecified atom stereocenters. The highest BCUT2D eigenvalue weighted by Gasteiger charge is 2.29. The molecule has 4 aromatic heterocycles. The largest absolute Gasteiger partial charge is 0.265 e. The van der Waals surface area contributed by atoms with Crippen LogP contribution in [-0.4, -0.2) is 56.4 Å². The second-order valence-corrected chi connectivity index (χ2v) is 11.5. The van der Waals surface area contributed by atoms with E-state index >= 15 is 0 Å². The predicted octanol–water partition coefficient (Wildman–Crippen LogP) is 3.66. The number of aromatic nitrogens is 5. The van der Waals surface area contributed by atoms with Gasteiger partial charge in [0.05, 0.1) is 35.8 Å². The van der Waals surface area contributed by atoms with Crippen LogP contribution in [0.2, 0.25) is 0 Å². The van der Waals surface area contributed by atoms with Gasteiger partial charge in [-0.25, -0.2) is 26.6 Å². The van der Waals surface area contributed by atoms with Gasteiger partial charge in [-0.2, -0.15) is 15.5 Å². The third-order valence-corrected chi connectivity index (χ3v) is 8.45. The van der Waals surface area contributed by atoms with Crippen LogP contribution in [0, 0.1) is 24.1 Å². The van der Waals surface area contributed by atoms with E-state index in [4.69, 9.17) is 0 Å². The molecule has 0 spiro atoms. The smallest absolute Gasteiger partial charge is 0.211 e. The van der Waals surface area contributed by atoms with E-state index in [1.807, 2.05) is 23.9 Å². The summed E-state index contributed by atoms with van der Waals surface area (Å²) in [6.45, 7) is 2.84. The first-order valence-electron chi connectivity index (χ1n) is 11.0. The molecule has 1 saturated heterocycles. The number of fused-ring (bicyclic) bond motifs is 1. The average molecular weight is 512 g/mol. The Labute approximate surface area is 206 Å². The molecule has 0 bridgehead atoms. The number of hydrogen-bond acceptors (Lipinski definition) is 7. The molecule has 1 aliphatic heterocycles. The minimum absolute atomic E-state index is 0.0673. The van der Waals surface area contributed by atoms with Crippen molar-refractivity contribution in [2.75, 3.05) is 19.3 Å². The predicted molar refractivity (Wildman–Crippen MR) is 129 cm³/mol. The Hall–Kier alpha value is -3.27. The summed E-state index contributed by atoms with van der Waals surface area (Å²) in [5.41, 5.74) is 3.49. The van der Waals surface area contributed by atoms with E-state index in [-0.39, 0.29) is 11.1 Å². The first-order chi connectivity index (χ1) is 16.8. The van der Waals surface area contributed by atoms with Crippen molar-refractivity contribution in [1.29, 1.82) is 5.26 Å². The minimum atomic E-state index is -3.27. The van der Waals surface area contributed by atoms with E-state index in [9.17, 15) is 18.1 Å².